The summed E-state index contributed by atoms with van der Waals surface area (Å²) in [5.41, 5.74) is 1.13. The molecular weight excluding hydrogens is 580 g/mol. The lowest BCUT2D eigenvalue weighted by Gasteiger charge is -2.24. The fraction of sp³-hybridized carbons (Fsp3) is 0.233. The average Bonchev–Trinajstić information content (AvgIpc) is 3.53. The van der Waals surface area contributed by atoms with Crippen LogP contribution in [0.3, 0.4) is 0 Å². The van der Waals surface area contributed by atoms with Crippen LogP contribution in [0, 0.1) is 0 Å². The number of fused-ring (bicyclic) bond motifs is 1. The summed E-state index contributed by atoms with van der Waals surface area (Å²) in [7, 11) is -4.44. The number of benzene rings is 3. The van der Waals surface area contributed by atoms with Gasteiger partial charge in [-0.05, 0) is 43.3 Å². The molecule has 2 heterocycles. The first-order valence-corrected chi connectivity index (χ1v) is 15.1. The zero-order valence-corrected chi connectivity index (χ0v) is 23.9. The maximum atomic E-state index is 14.6. The fourth-order valence-corrected chi connectivity index (χ4v) is 5.28. The first-order valence-electron chi connectivity index (χ1n) is 13.4. The van der Waals surface area contributed by atoms with Gasteiger partial charge in [-0.15, -0.1) is 0 Å². The summed E-state index contributed by atoms with van der Waals surface area (Å²) in [5, 5.41) is 3.25. The van der Waals surface area contributed by atoms with Crippen LogP contribution >= 0.6 is 7.60 Å². The normalized spacial score (nSPS) is 16.7. The van der Waals surface area contributed by atoms with Crippen LogP contribution in [0.1, 0.15) is 23.7 Å². The van der Waals surface area contributed by atoms with E-state index in [-0.39, 0.29) is 31.0 Å². The third kappa shape index (κ3) is 7.29. The Labute approximate surface area is 246 Å². The van der Waals surface area contributed by atoms with Gasteiger partial charge in [0.2, 0.25) is 11.8 Å². The standard InChI is InChI=1S/C30H29FN3O8P/c1-19(35)26-16-33(27-14-23(10-11-25(26)27)41-18-43(38,39)40)17-29(36)34-15-20(31)12-28(34)30(37)32-21-6-5-9-24(13-21)42-22-7-3-2-4-8-22/h2-11,13-14,16,20,28H,12,15,17-18H2,1H3,(H,32,37)(H2,38,39,40). The molecule has 43 heavy (non-hydrogen) atoms. The average molecular weight is 610 g/mol. The predicted molar refractivity (Wildman–Crippen MR) is 156 cm³/mol. The van der Waals surface area contributed by atoms with Gasteiger partial charge in [0.05, 0.1) is 12.1 Å². The molecule has 3 N–H and O–H groups in total. The molecule has 2 amide bonds. The van der Waals surface area contributed by atoms with E-state index in [4.69, 9.17) is 19.3 Å². The number of carbonyl (C=O) groups is 3. The minimum absolute atomic E-state index is 0.124. The van der Waals surface area contributed by atoms with Crippen molar-refractivity contribution in [2.45, 2.75) is 32.1 Å². The van der Waals surface area contributed by atoms with Gasteiger partial charge in [-0.3, -0.25) is 18.9 Å². The van der Waals surface area contributed by atoms with Gasteiger partial charge in [-0.2, -0.15) is 0 Å². The molecule has 11 nitrogen and oxygen atoms in total. The summed E-state index contributed by atoms with van der Waals surface area (Å²) < 4.78 is 38.3. The van der Waals surface area contributed by atoms with Gasteiger partial charge in [0.1, 0.15) is 36.0 Å². The zero-order chi connectivity index (χ0) is 30.7. The fourth-order valence-electron chi connectivity index (χ4n) is 4.96. The van der Waals surface area contributed by atoms with E-state index in [2.05, 4.69) is 5.32 Å². The molecule has 2 atom stereocenters. The first-order chi connectivity index (χ1) is 20.5. The summed E-state index contributed by atoms with van der Waals surface area (Å²) in [6.45, 7) is 0.777. The van der Waals surface area contributed by atoms with Crippen molar-refractivity contribution in [2.75, 3.05) is 18.2 Å². The Morgan fingerprint density at radius 2 is 1.74 bits per heavy atom. The molecule has 13 heteroatoms. The molecule has 0 spiro atoms. The number of amides is 2. The molecule has 0 bridgehead atoms. The van der Waals surface area contributed by atoms with E-state index >= 15 is 0 Å². The number of nitrogens with one attached hydrogen (secondary N) is 1. The van der Waals surface area contributed by atoms with Crippen molar-refractivity contribution in [1.82, 2.24) is 9.47 Å². The van der Waals surface area contributed by atoms with Crippen LogP contribution in [-0.2, 0) is 20.7 Å². The van der Waals surface area contributed by atoms with Crippen molar-refractivity contribution in [3.05, 3.63) is 84.6 Å². The van der Waals surface area contributed by atoms with Crippen LogP contribution in [0.2, 0.25) is 0 Å². The lowest BCUT2D eigenvalue weighted by Crippen LogP contribution is -2.44. The van der Waals surface area contributed by atoms with E-state index in [1.54, 1.807) is 42.5 Å². The van der Waals surface area contributed by atoms with Gasteiger partial charge >= 0.3 is 7.60 Å². The van der Waals surface area contributed by atoms with Crippen molar-refractivity contribution < 1.29 is 42.6 Å². The van der Waals surface area contributed by atoms with Crippen molar-refractivity contribution in [3.63, 3.8) is 0 Å². The summed E-state index contributed by atoms with van der Waals surface area (Å²) in [6.07, 6.45) is -0.951. The van der Waals surface area contributed by atoms with E-state index in [1.165, 1.54) is 34.7 Å². The molecular formula is C30H29FN3O8P. The largest absolute Gasteiger partial charge is 0.481 e. The van der Waals surface area contributed by atoms with E-state index in [0.717, 1.165) is 0 Å². The third-order valence-electron chi connectivity index (χ3n) is 6.89. The Balaban J connectivity index is 1.33. The number of likely N-dealkylation sites (tertiary alicyclic amines) is 1. The number of anilines is 1. The zero-order valence-electron chi connectivity index (χ0n) is 23.1. The Morgan fingerprint density at radius 1 is 1.00 bits per heavy atom. The minimum atomic E-state index is -4.44. The third-order valence-corrected chi connectivity index (χ3v) is 7.36. The number of para-hydroxylation sites is 1. The number of Topliss-reactive ketones (excluding diaryl/α,β-unsaturated/α-hetero) is 1. The van der Waals surface area contributed by atoms with Crippen LogP contribution < -0.4 is 14.8 Å². The van der Waals surface area contributed by atoms with Gasteiger partial charge < -0.3 is 34.0 Å². The molecule has 5 rings (SSSR count). The second-order valence-corrected chi connectivity index (χ2v) is 11.8. The highest BCUT2D eigenvalue weighted by atomic mass is 31.2. The molecule has 4 aromatic rings. The number of alkyl halides is 1. The number of carbonyl (C=O) groups excluding carboxylic acids is 3. The van der Waals surface area contributed by atoms with Crippen molar-refractivity contribution in [1.29, 1.82) is 0 Å². The van der Waals surface area contributed by atoms with E-state index in [1.807, 2.05) is 18.2 Å². The molecule has 1 aliphatic heterocycles. The highest BCUT2D eigenvalue weighted by molar-refractivity contribution is 7.51. The smallest absolute Gasteiger partial charge is 0.362 e. The van der Waals surface area contributed by atoms with Gasteiger partial charge in [0.25, 0.3) is 0 Å². The molecule has 1 aromatic heterocycles. The summed E-state index contributed by atoms with van der Waals surface area (Å²) >= 11 is 0. The van der Waals surface area contributed by atoms with Crippen molar-refractivity contribution in [3.8, 4) is 17.2 Å². The number of hydrogen-bond acceptors (Lipinski definition) is 6. The number of hydrogen-bond donors (Lipinski definition) is 3. The Hall–Kier alpha value is -4.51. The lowest BCUT2D eigenvalue weighted by molar-refractivity contribution is -0.137. The van der Waals surface area contributed by atoms with Crippen LogP contribution in [-0.4, -0.2) is 62.0 Å². The van der Waals surface area contributed by atoms with Crippen molar-refractivity contribution in [2.24, 2.45) is 0 Å². The molecule has 0 saturated carbocycles. The monoisotopic (exact) mass is 609 g/mol. The van der Waals surface area contributed by atoms with E-state index in [0.29, 0.717) is 33.7 Å². The maximum absolute atomic E-state index is 14.6. The quantitative estimate of drug-likeness (QED) is 0.173. The van der Waals surface area contributed by atoms with Crippen LogP contribution in [0.15, 0.2) is 79.0 Å². The van der Waals surface area contributed by atoms with E-state index < -0.39 is 38.0 Å². The second kappa shape index (κ2) is 12.4. The second-order valence-electron chi connectivity index (χ2n) is 10.2. The molecule has 224 valence electrons. The molecule has 3 aromatic carbocycles. The number of aromatic nitrogens is 1. The summed E-state index contributed by atoms with van der Waals surface area (Å²) in [4.78, 5) is 58.5. The summed E-state index contributed by atoms with van der Waals surface area (Å²) in [5.74, 6) is -0.143. The maximum Gasteiger partial charge on any atom is 0.362 e. The van der Waals surface area contributed by atoms with Crippen molar-refractivity contribution >= 4 is 41.8 Å². The number of ketones is 1. The number of rotatable bonds is 10. The first kappa shape index (κ1) is 30.0. The lowest BCUT2D eigenvalue weighted by atomic mass is 10.1. The number of ether oxygens (including phenoxy) is 2. The SMILES string of the molecule is CC(=O)c1cn(CC(=O)N2CC(F)CC2C(=O)Nc2cccc(Oc3ccccc3)c2)c2cc(OCP(=O)(O)O)ccc12. The topological polar surface area (TPSA) is 147 Å². The Morgan fingerprint density at radius 3 is 2.47 bits per heavy atom. The van der Waals surface area contributed by atoms with Gasteiger partial charge in [-0.25, -0.2) is 4.39 Å². The van der Waals surface area contributed by atoms with E-state index in [9.17, 15) is 23.3 Å². The molecule has 1 aliphatic rings. The highest BCUT2D eigenvalue weighted by Gasteiger charge is 2.40. The Bertz CT molecular complexity index is 1720. The van der Waals surface area contributed by atoms with Gasteiger partial charge in [0.15, 0.2) is 12.1 Å². The number of nitrogens with zero attached hydrogens (tertiary/aromatic N) is 2. The Kier molecular flexibility index (Phi) is 8.63. The predicted octanol–water partition coefficient (Wildman–Crippen LogP) is 4.73. The molecule has 1 fully saturated rings. The summed E-state index contributed by atoms with van der Waals surface area (Å²) in [6, 6.07) is 19.2. The molecule has 0 aliphatic carbocycles. The molecule has 1 saturated heterocycles. The van der Waals surface area contributed by atoms with Gasteiger partial charge in [-0.1, -0.05) is 24.3 Å². The minimum Gasteiger partial charge on any atom is -0.481 e. The van der Waals surface area contributed by atoms with Gasteiger partial charge in [0, 0.05) is 41.4 Å². The van der Waals surface area contributed by atoms with Crippen LogP contribution in [0.25, 0.3) is 10.9 Å². The number of halogens is 1. The highest BCUT2D eigenvalue weighted by Crippen LogP contribution is 2.35. The van der Waals surface area contributed by atoms with Crippen LogP contribution in [0.4, 0.5) is 10.1 Å². The molecule has 2 unspecified atom stereocenters. The molecule has 0 radical (unpaired) electrons. The van der Waals surface area contributed by atoms with Crippen LogP contribution in [0.5, 0.6) is 17.2 Å².